The molecule has 2 aliphatic rings. The molecule has 1 saturated carbocycles. The molecule has 1 saturated heterocycles. The highest BCUT2D eigenvalue weighted by atomic mass is 16.4. The quantitative estimate of drug-likeness (QED) is 0.765. The van der Waals surface area contributed by atoms with Gasteiger partial charge in [0.1, 0.15) is 6.10 Å². The predicted octanol–water partition coefficient (Wildman–Crippen LogP) is 3.02. The molecule has 168 valence electrons. The monoisotopic (exact) mass is 426 g/mol. The lowest BCUT2D eigenvalue weighted by molar-refractivity contribution is -0.137. The molecule has 0 bridgehead atoms. The second-order valence-corrected chi connectivity index (χ2v) is 9.53. The van der Waals surface area contributed by atoms with E-state index in [2.05, 4.69) is 59.8 Å². The van der Waals surface area contributed by atoms with Gasteiger partial charge in [0.2, 0.25) is 17.7 Å². The molecule has 0 radical (unpaired) electrons. The number of aromatic nitrogens is 2. The summed E-state index contributed by atoms with van der Waals surface area (Å²) in [4.78, 5) is 17.2. The Morgan fingerprint density at radius 2 is 1.94 bits per heavy atom. The van der Waals surface area contributed by atoms with E-state index < -0.39 is 6.10 Å². The van der Waals surface area contributed by atoms with Crippen molar-refractivity contribution in [1.29, 1.82) is 0 Å². The highest BCUT2D eigenvalue weighted by Gasteiger charge is 2.43. The Hall–Kier alpha value is -2.25. The van der Waals surface area contributed by atoms with Crippen LogP contribution in [-0.4, -0.2) is 56.7 Å². The van der Waals surface area contributed by atoms with Gasteiger partial charge in [-0.05, 0) is 56.7 Å². The maximum absolute atomic E-state index is 12.7. The lowest BCUT2D eigenvalue weighted by atomic mass is 9.96. The van der Waals surface area contributed by atoms with Crippen molar-refractivity contribution in [3.05, 3.63) is 46.2 Å². The molecule has 1 amide bonds. The van der Waals surface area contributed by atoms with Crippen LogP contribution in [0.15, 0.2) is 16.5 Å². The van der Waals surface area contributed by atoms with Gasteiger partial charge in [0.25, 0.3) is 0 Å². The van der Waals surface area contributed by atoms with E-state index in [-0.39, 0.29) is 17.9 Å². The lowest BCUT2D eigenvalue weighted by Crippen LogP contribution is -2.54. The molecule has 1 aliphatic heterocycles. The molecule has 2 unspecified atom stereocenters. The minimum Gasteiger partial charge on any atom is -0.422 e. The summed E-state index contributed by atoms with van der Waals surface area (Å²) in [5.41, 5.74) is 4.91. The number of rotatable bonds is 6. The van der Waals surface area contributed by atoms with Gasteiger partial charge in [-0.3, -0.25) is 9.69 Å². The third kappa shape index (κ3) is 4.83. The van der Waals surface area contributed by atoms with E-state index >= 15 is 0 Å². The first kappa shape index (κ1) is 22.0. The first-order valence-electron chi connectivity index (χ1n) is 11.3. The van der Waals surface area contributed by atoms with E-state index in [1.807, 2.05) is 0 Å². The third-order valence-corrected chi connectivity index (χ3v) is 6.76. The van der Waals surface area contributed by atoms with Crippen molar-refractivity contribution in [1.82, 2.24) is 20.0 Å². The zero-order valence-corrected chi connectivity index (χ0v) is 19.3. The van der Waals surface area contributed by atoms with Gasteiger partial charge in [-0.25, -0.2) is 0 Å². The van der Waals surface area contributed by atoms with E-state index in [4.69, 9.17) is 4.42 Å². The van der Waals surface area contributed by atoms with Crippen LogP contribution >= 0.6 is 0 Å². The molecule has 1 N–H and O–H groups in total. The minimum atomic E-state index is -0.758. The lowest BCUT2D eigenvalue weighted by Gasteiger charge is -2.40. The Labute approximate surface area is 184 Å². The largest absolute Gasteiger partial charge is 0.422 e. The Morgan fingerprint density at radius 1 is 1.23 bits per heavy atom. The number of piperazine rings is 1. The number of hydrogen-bond acceptors (Lipinski definition) is 6. The normalized spacial score (nSPS) is 25.0. The number of aryl methyl sites for hydroxylation is 1. The molecular weight excluding hydrogens is 392 g/mol. The van der Waals surface area contributed by atoms with Crippen LogP contribution in [0.1, 0.15) is 67.3 Å². The van der Waals surface area contributed by atoms with Crippen LogP contribution < -0.4 is 0 Å². The summed E-state index contributed by atoms with van der Waals surface area (Å²) >= 11 is 0. The topological polar surface area (TPSA) is 82.7 Å². The van der Waals surface area contributed by atoms with Gasteiger partial charge in [0.05, 0.1) is 6.42 Å². The van der Waals surface area contributed by atoms with Crippen LogP contribution in [0.5, 0.6) is 0 Å². The fourth-order valence-corrected chi connectivity index (χ4v) is 4.66. The number of aliphatic hydroxyl groups is 1. The maximum Gasteiger partial charge on any atom is 0.244 e. The van der Waals surface area contributed by atoms with Crippen LogP contribution in [-0.2, 0) is 17.8 Å². The molecule has 31 heavy (non-hydrogen) atoms. The number of carbonyl (C=O) groups is 1. The predicted molar refractivity (Wildman–Crippen MR) is 117 cm³/mol. The summed E-state index contributed by atoms with van der Waals surface area (Å²) in [6, 6.07) is 4.67. The zero-order chi connectivity index (χ0) is 22.3. The molecule has 0 spiro atoms. The number of amides is 1. The second kappa shape index (κ2) is 8.71. The molecular formula is C24H34N4O3. The van der Waals surface area contributed by atoms with Crippen molar-refractivity contribution in [2.45, 2.75) is 66.2 Å². The first-order chi connectivity index (χ1) is 14.7. The molecule has 1 aromatic heterocycles. The summed E-state index contributed by atoms with van der Waals surface area (Å²) in [6.07, 6.45) is 0.847. The fraction of sp³-hybridized carbons (Fsp3) is 0.625. The van der Waals surface area contributed by atoms with Crippen LogP contribution in [0.3, 0.4) is 0 Å². The summed E-state index contributed by atoms with van der Waals surface area (Å²) in [7, 11) is 0. The number of benzene rings is 1. The van der Waals surface area contributed by atoms with Crippen molar-refractivity contribution < 1.29 is 14.3 Å². The molecule has 1 aliphatic carbocycles. The molecule has 2 fully saturated rings. The summed E-state index contributed by atoms with van der Waals surface area (Å²) < 4.78 is 5.59. The smallest absolute Gasteiger partial charge is 0.244 e. The SMILES string of the molecule is Cc1cc(Cc2nnc([C@@H](C)O)o2)c(C)c(CN2CCN(C(=O)C3CC3C)[C@@H](C)C2)c1. The zero-order valence-electron chi connectivity index (χ0n) is 19.3. The van der Waals surface area contributed by atoms with E-state index in [9.17, 15) is 9.90 Å². The highest BCUT2D eigenvalue weighted by molar-refractivity contribution is 5.82. The molecule has 1 aromatic carbocycles. The van der Waals surface area contributed by atoms with Gasteiger partial charge >= 0.3 is 0 Å². The number of aliphatic hydroxyl groups excluding tert-OH is 1. The van der Waals surface area contributed by atoms with Crippen LogP contribution in [0, 0.1) is 25.7 Å². The Balaban J connectivity index is 1.43. The summed E-state index contributed by atoms with van der Waals surface area (Å²) in [5.74, 6) is 1.94. The molecule has 4 atom stereocenters. The van der Waals surface area contributed by atoms with Gasteiger partial charge in [0.15, 0.2) is 0 Å². The standard InChI is InChI=1S/C24H34N4O3/c1-14-8-19(11-22-25-26-23(31-22)18(5)29)17(4)20(9-14)13-27-6-7-28(16(3)12-27)24(30)21-10-15(21)2/h8-9,15-16,18,21,29H,6-7,10-13H2,1-5H3/t15?,16-,18+,21?/m0/s1. The Morgan fingerprint density at radius 3 is 2.55 bits per heavy atom. The van der Waals surface area contributed by atoms with Gasteiger partial charge in [0, 0.05) is 38.1 Å². The summed E-state index contributed by atoms with van der Waals surface area (Å²) in [6.45, 7) is 13.7. The van der Waals surface area contributed by atoms with E-state index in [0.717, 1.165) is 32.6 Å². The number of carbonyl (C=O) groups excluding carboxylic acids is 1. The fourth-order valence-electron chi connectivity index (χ4n) is 4.66. The molecule has 7 nitrogen and oxygen atoms in total. The third-order valence-electron chi connectivity index (χ3n) is 6.76. The van der Waals surface area contributed by atoms with E-state index in [1.165, 1.54) is 22.3 Å². The van der Waals surface area contributed by atoms with Crippen LogP contribution in [0.4, 0.5) is 0 Å². The van der Waals surface area contributed by atoms with E-state index in [1.54, 1.807) is 6.92 Å². The van der Waals surface area contributed by atoms with Crippen molar-refractivity contribution in [2.24, 2.45) is 11.8 Å². The Kier molecular flexibility index (Phi) is 6.17. The van der Waals surface area contributed by atoms with Gasteiger partial charge in [-0.1, -0.05) is 24.6 Å². The van der Waals surface area contributed by atoms with Crippen molar-refractivity contribution >= 4 is 5.91 Å². The van der Waals surface area contributed by atoms with Gasteiger partial charge in [-0.2, -0.15) is 0 Å². The average molecular weight is 427 g/mol. The van der Waals surface area contributed by atoms with Gasteiger partial charge < -0.3 is 14.4 Å². The average Bonchev–Trinajstić information content (AvgIpc) is 3.25. The van der Waals surface area contributed by atoms with Gasteiger partial charge in [-0.15, -0.1) is 10.2 Å². The number of hydrogen-bond donors (Lipinski definition) is 1. The van der Waals surface area contributed by atoms with Crippen LogP contribution in [0.2, 0.25) is 0 Å². The van der Waals surface area contributed by atoms with Crippen molar-refractivity contribution in [3.8, 4) is 0 Å². The first-order valence-corrected chi connectivity index (χ1v) is 11.3. The van der Waals surface area contributed by atoms with E-state index in [0.29, 0.717) is 24.1 Å². The van der Waals surface area contributed by atoms with Crippen molar-refractivity contribution in [3.63, 3.8) is 0 Å². The molecule has 2 aromatic rings. The number of nitrogens with zero attached hydrogens (tertiary/aromatic N) is 4. The summed E-state index contributed by atoms with van der Waals surface area (Å²) in [5, 5.41) is 17.6. The molecule has 4 rings (SSSR count). The van der Waals surface area contributed by atoms with Crippen molar-refractivity contribution in [2.75, 3.05) is 19.6 Å². The second-order valence-electron chi connectivity index (χ2n) is 9.53. The minimum absolute atomic E-state index is 0.246. The Bertz CT molecular complexity index is 954. The molecule has 2 heterocycles. The van der Waals surface area contributed by atoms with Crippen LogP contribution in [0.25, 0.3) is 0 Å². The highest BCUT2D eigenvalue weighted by Crippen LogP contribution is 2.39. The maximum atomic E-state index is 12.7. The molecule has 7 heteroatoms.